The van der Waals surface area contributed by atoms with Crippen molar-refractivity contribution in [1.29, 1.82) is 0 Å². The summed E-state index contributed by atoms with van der Waals surface area (Å²) in [5.74, 6) is -1.69. The Morgan fingerprint density at radius 2 is 1.62 bits per heavy atom. The van der Waals surface area contributed by atoms with Gasteiger partial charge in [-0.1, -0.05) is 0 Å². The van der Waals surface area contributed by atoms with Crippen molar-refractivity contribution in [1.82, 2.24) is 0 Å². The monoisotopic (exact) mass is 394 g/mol. The van der Waals surface area contributed by atoms with Gasteiger partial charge in [0.15, 0.2) is 17.9 Å². The van der Waals surface area contributed by atoms with E-state index >= 15 is 0 Å². The van der Waals surface area contributed by atoms with Crippen LogP contribution in [0.4, 0.5) is 0 Å². The summed E-state index contributed by atoms with van der Waals surface area (Å²) in [6.07, 6.45) is -1.40. The molecular formula is C17H31O8P. The molecule has 3 heterocycles. The van der Waals surface area contributed by atoms with Crippen LogP contribution in [0.5, 0.6) is 0 Å². The standard InChI is InChI=1S/C17H31O8P/c1-7-20-26(18,21-8-2)10-11-13(12-9-19-16(3,4)23-12)22-15-14(11)24-17(5,6)25-15/h11-15H,7-10H2,1-6H3/t11-,12-,13+,14-,15-/m1/s1. The minimum Gasteiger partial charge on any atom is -0.348 e. The van der Waals surface area contributed by atoms with Gasteiger partial charge in [-0.2, -0.15) is 0 Å². The predicted octanol–water partition coefficient (Wildman–Crippen LogP) is 2.90. The topological polar surface area (TPSA) is 81.7 Å². The molecular weight excluding hydrogens is 363 g/mol. The van der Waals surface area contributed by atoms with E-state index in [0.29, 0.717) is 19.8 Å². The third-order valence-corrected chi connectivity index (χ3v) is 6.88. The van der Waals surface area contributed by atoms with E-state index in [0.717, 1.165) is 0 Å². The highest BCUT2D eigenvalue weighted by Gasteiger charge is 2.59. The lowest BCUT2D eigenvalue weighted by atomic mass is 9.97. The van der Waals surface area contributed by atoms with Crippen LogP contribution in [0.2, 0.25) is 0 Å². The Bertz CT molecular complexity index is 541. The Morgan fingerprint density at radius 3 is 2.15 bits per heavy atom. The normalized spacial score (nSPS) is 38.6. The highest BCUT2D eigenvalue weighted by Crippen LogP contribution is 2.54. The zero-order chi connectivity index (χ0) is 19.2. The average Bonchev–Trinajstić information content (AvgIpc) is 3.10. The van der Waals surface area contributed by atoms with Crippen molar-refractivity contribution in [3.05, 3.63) is 0 Å². The second-order valence-electron chi connectivity index (χ2n) is 7.73. The zero-order valence-electron chi connectivity index (χ0n) is 16.4. The van der Waals surface area contributed by atoms with Crippen molar-refractivity contribution in [2.75, 3.05) is 26.0 Å². The molecule has 26 heavy (non-hydrogen) atoms. The van der Waals surface area contributed by atoms with Crippen LogP contribution in [0.1, 0.15) is 41.5 Å². The molecule has 0 saturated carbocycles. The van der Waals surface area contributed by atoms with Gasteiger partial charge < -0.3 is 32.7 Å². The SMILES string of the molecule is CCOP(=O)(C[C@H]1[C@H]2OC(C)(C)O[C@H]2O[C@@H]1[C@H]1COC(C)(C)O1)OCC. The maximum atomic E-state index is 13.1. The third-order valence-electron chi connectivity index (χ3n) is 4.71. The first-order valence-corrected chi connectivity index (χ1v) is 11.0. The summed E-state index contributed by atoms with van der Waals surface area (Å²) in [5, 5.41) is 0. The molecule has 0 radical (unpaired) electrons. The van der Waals surface area contributed by atoms with Crippen molar-refractivity contribution in [2.45, 2.75) is 77.7 Å². The molecule has 0 aromatic carbocycles. The summed E-state index contributed by atoms with van der Waals surface area (Å²) >= 11 is 0. The molecule has 152 valence electrons. The minimum absolute atomic E-state index is 0.181. The van der Waals surface area contributed by atoms with Crippen molar-refractivity contribution >= 4 is 7.60 Å². The van der Waals surface area contributed by atoms with Gasteiger partial charge >= 0.3 is 7.60 Å². The molecule has 9 heteroatoms. The number of fused-ring (bicyclic) bond motifs is 1. The van der Waals surface area contributed by atoms with E-state index in [4.69, 9.17) is 32.7 Å². The van der Waals surface area contributed by atoms with Gasteiger partial charge in [0.25, 0.3) is 0 Å². The Kier molecular flexibility index (Phi) is 5.89. The first-order valence-electron chi connectivity index (χ1n) is 9.29. The van der Waals surface area contributed by atoms with E-state index in [-0.39, 0.29) is 30.4 Å². The van der Waals surface area contributed by atoms with Gasteiger partial charge in [-0.05, 0) is 41.5 Å². The predicted molar refractivity (Wildman–Crippen MR) is 92.8 cm³/mol. The molecule has 0 aromatic heterocycles. The molecule has 3 rings (SSSR count). The molecule has 0 N–H and O–H groups in total. The van der Waals surface area contributed by atoms with Crippen LogP contribution in [0.25, 0.3) is 0 Å². The Balaban J connectivity index is 1.81. The smallest absolute Gasteiger partial charge is 0.331 e. The van der Waals surface area contributed by atoms with Crippen LogP contribution in [0.3, 0.4) is 0 Å². The first kappa shape index (κ1) is 20.7. The molecule has 0 aromatic rings. The van der Waals surface area contributed by atoms with Gasteiger partial charge in [0, 0.05) is 5.92 Å². The van der Waals surface area contributed by atoms with Crippen molar-refractivity contribution in [3.8, 4) is 0 Å². The van der Waals surface area contributed by atoms with Gasteiger partial charge in [0.2, 0.25) is 0 Å². The van der Waals surface area contributed by atoms with Crippen molar-refractivity contribution in [2.24, 2.45) is 5.92 Å². The number of hydrogen-bond acceptors (Lipinski definition) is 8. The first-order chi connectivity index (χ1) is 12.1. The molecule has 0 bridgehead atoms. The minimum atomic E-state index is -3.28. The van der Waals surface area contributed by atoms with Crippen molar-refractivity contribution in [3.63, 3.8) is 0 Å². The largest absolute Gasteiger partial charge is 0.348 e. The molecule has 3 aliphatic heterocycles. The maximum absolute atomic E-state index is 13.1. The van der Waals surface area contributed by atoms with Gasteiger partial charge in [-0.15, -0.1) is 0 Å². The summed E-state index contributed by atoms with van der Waals surface area (Å²) < 4.78 is 53.8. The molecule has 5 atom stereocenters. The number of rotatable bonds is 7. The van der Waals surface area contributed by atoms with Gasteiger partial charge in [-0.3, -0.25) is 4.57 Å². The van der Waals surface area contributed by atoms with E-state index in [2.05, 4.69) is 0 Å². The summed E-state index contributed by atoms with van der Waals surface area (Å²) in [4.78, 5) is 0. The van der Waals surface area contributed by atoms with E-state index < -0.39 is 25.5 Å². The molecule has 8 nitrogen and oxygen atoms in total. The lowest BCUT2D eigenvalue weighted by molar-refractivity contribution is -0.226. The molecule has 3 saturated heterocycles. The van der Waals surface area contributed by atoms with E-state index in [1.807, 2.05) is 27.7 Å². The van der Waals surface area contributed by atoms with Crippen LogP contribution < -0.4 is 0 Å². The number of hydrogen-bond donors (Lipinski definition) is 0. The Morgan fingerprint density at radius 1 is 0.962 bits per heavy atom. The van der Waals surface area contributed by atoms with Crippen LogP contribution in [0, 0.1) is 5.92 Å². The van der Waals surface area contributed by atoms with Gasteiger partial charge in [0.05, 0.1) is 32.1 Å². The zero-order valence-corrected chi connectivity index (χ0v) is 17.3. The lowest BCUT2D eigenvalue weighted by Crippen LogP contribution is -2.41. The van der Waals surface area contributed by atoms with Crippen molar-refractivity contribution < 1.29 is 37.3 Å². The maximum Gasteiger partial charge on any atom is 0.331 e. The van der Waals surface area contributed by atoms with Gasteiger partial charge in [0.1, 0.15) is 12.2 Å². The van der Waals surface area contributed by atoms with E-state index in [1.54, 1.807) is 13.8 Å². The summed E-state index contributed by atoms with van der Waals surface area (Å²) in [5.41, 5.74) is 0. The Labute approximate surface area is 155 Å². The quantitative estimate of drug-likeness (QED) is 0.610. The van der Waals surface area contributed by atoms with E-state index in [1.165, 1.54) is 0 Å². The summed E-state index contributed by atoms with van der Waals surface area (Å²) in [6.45, 7) is 12.0. The second kappa shape index (κ2) is 7.41. The fraction of sp³-hybridized carbons (Fsp3) is 1.00. The van der Waals surface area contributed by atoms with Crippen LogP contribution in [-0.4, -0.2) is 62.2 Å². The van der Waals surface area contributed by atoms with E-state index in [9.17, 15) is 4.57 Å². The molecule has 0 unspecified atom stereocenters. The number of ether oxygens (including phenoxy) is 5. The highest BCUT2D eigenvalue weighted by molar-refractivity contribution is 7.53. The highest BCUT2D eigenvalue weighted by atomic mass is 31.2. The molecule has 0 amide bonds. The van der Waals surface area contributed by atoms with Crippen LogP contribution in [-0.2, 0) is 37.3 Å². The molecule has 3 aliphatic rings. The van der Waals surface area contributed by atoms with Gasteiger partial charge in [-0.25, -0.2) is 0 Å². The fourth-order valence-corrected chi connectivity index (χ4v) is 5.84. The lowest BCUT2D eigenvalue weighted by Gasteiger charge is -2.30. The molecule has 0 spiro atoms. The molecule has 0 aliphatic carbocycles. The second-order valence-corrected chi connectivity index (χ2v) is 9.83. The Hall–Kier alpha value is -0.0500. The fourth-order valence-electron chi connectivity index (χ4n) is 3.84. The van der Waals surface area contributed by atoms with Crippen LogP contribution in [0.15, 0.2) is 0 Å². The summed E-state index contributed by atoms with van der Waals surface area (Å²) in [7, 11) is -3.28. The third kappa shape index (κ3) is 4.33. The average molecular weight is 394 g/mol. The van der Waals surface area contributed by atoms with Crippen LogP contribution >= 0.6 is 7.60 Å². The molecule has 3 fully saturated rings. The summed E-state index contributed by atoms with van der Waals surface area (Å²) in [6, 6.07) is 0.